The molecule has 0 spiro atoms. The molecule has 1 heterocycles. The number of rotatable bonds is 5. The fourth-order valence-corrected chi connectivity index (χ4v) is 2.35. The summed E-state index contributed by atoms with van der Waals surface area (Å²) in [5.41, 5.74) is 0.0201. The predicted molar refractivity (Wildman–Crippen MR) is 66.7 cm³/mol. The molecular formula is C11H15N3O3S. The molecule has 1 aromatic rings. The standard InChI is InChI=1S/C11H15N3O3S/c15-10(16)8-6-18-9(14-8)5-13-11(17)12-4-7-2-1-3-7/h6-7H,1-5H2,(H,15,16)(H2,12,13,17). The molecule has 1 aromatic heterocycles. The van der Waals surface area contributed by atoms with E-state index < -0.39 is 5.97 Å². The molecular weight excluding hydrogens is 254 g/mol. The highest BCUT2D eigenvalue weighted by atomic mass is 32.1. The third-order valence-electron chi connectivity index (χ3n) is 2.95. The number of hydrogen-bond acceptors (Lipinski definition) is 4. The quantitative estimate of drug-likeness (QED) is 0.754. The fraction of sp³-hybridized carbons (Fsp3) is 0.545. The van der Waals surface area contributed by atoms with E-state index in [2.05, 4.69) is 15.6 Å². The maximum Gasteiger partial charge on any atom is 0.355 e. The predicted octanol–water partition coefficient (Wildman–Crippen LogP) is 1.44. The van der Waals surface area contributed by atoms with Gasteiger partial charge in [0, 0.05) is 11.9 Å². The summed E-state index contributed by atoms with van der Waals surface area (Å²) in [6.07, 6.45) is 3.63. The first-order chi connectivity index (χ1) is 8.65. The second-order valence-electron chi connectivity index (χ2n) is 4.29. The number of carboxylic acid groups (broad SMARTS) is 1. The number of amides is 2. The molecule has 0 atom stereocenters. The van der Waals surface area contributed by atoms with Crippen molar-refractivity contribution in [2.24, 2.45) is 5.92 Å². The normalized spacial score (nSPS) is 14.9. The fourth-order valence-electron chi connectivity index (χ4n) is 1.64. The van der Waals surface area contributed by atoms with Crippen molar-refractivity contribution in [2.75, 3.05) is 6.54 Å². The highest BCUT2D eigenvalue weighted by Gasteiger charge is 2.17. The lowest BCUT2D eigenvalue weighted by atomic mass is 9.85. The number of aromatic carboxylic acids is 1. The minimum absolute atomic E-state index is 0.0201. The third-order valence-corrected chi connectivity index (χ3v) is 3.80. The molecule has 1 saturated carbocycles. The van der Waals surface area contributed by atoms with E-state index in [1.54, 1.807) is 0 Å². The molecule has 0 saturated heterocycles. The molecule has 1 fully saturated rings. The van der Waals surface area contributed by atoms with E-state index >= 15 is 0 Å². The third kappa shape index (κ3) is 3.43. The van der Waals surface area contributed by atoms with Crippen LogP contribution in [0.3, 0.4) is 0 Å². The second kappa shape index (κ2) is 5.81. The van der Waals surface area contributed by atoms with E-state index in [0.29, 0.717) is 17.5 Å². The Bertz CT molecular complexity index is 442. The van der Waals surface area contributed by atoms with Crippen LogP contribution >= 0.6 is 11.3 Å². The van der Waals surface area contributed by atoms with Gasteiger partial charge in [-0.05, 0) is 18.8 Å². The second-order valence-corrected chi connectivity index (χ2v) is 5.23. The zero-order valence-corrected chi connectivity index (χ0v) is 10.6. The van der Waals surface area contributed by atoms with Gasteiger partial charge in [0.15, 0.2) is 5.69 Å². The molecule has 2 amide bonds. The first-order valence-electron chi connectivity index (χ1n) is 5.84. The Labute approximate surface area is 108 Å². The monoisotopic (exact) mass is 269 g/mol. The number of nitrogens with one attached hydrogen (secondary N) is 2. The average molecular weight is 269 g/mol. The number of hydrogen-bond donors (Lipinski definition) is 3. The lowest BCUT2D eigenvalue weighted by Gasteiger charge is -2.25. The number of carbonyl (C=O) groups is 2. The Morgan fingerprint density at radius 3 is 2.78 bits per heavy atom. The van der Waals surface area contributed by atoms with Crippen LogP contribution in [0.1, 0.15) is 34.8 Å². The molecule has 1 aliphatic carbocycles. The van der Waals surface area contributed by atoms with Gasteiger partial charge >= 0.3 is 12.0 Å². The van der Waals surface area contributed by atoms with Gasteiger partial charge in [0.1, 0.15) is 5.01 Å². The zero-order chi connectivity index (χ0) is 13.0. The van der Waals surface area contributed by atoms with Crippen molar-refractivity contribution < 1.29 is 14.7 Å². The Balaban J connectivity index is 1.69. The molecule has 2 rings (SSSR count). The molecule has 0 radical (unpaired) electrons. The Morgan fingerprint density at radius 1 is 1.44 bits per heavy atom. The minimum atomic E-state index is -1.05. The summed E-state index contributed by atoms with van der Waals surface area (Å²) in [5, 5.41) is 16.2. The van der Waals surface area contributed by atoms with Crippen molar-refractivity contribution in [3.8, 4) is 0 Å². The highest BCUT2D eigenvalue weighted by molar-refractivity contribution is 7.09. The number of carboxylic acids is 1. The van der Waals surface area contributed by atoms with E-state index in [0.717, 1.165) is 0 Å². The summed E-state index contributed by atoms with van der Waals surface area (Å²) >= 11 is 1.23. The number of thiazole rings is 1. The van der Waals surface area contributed by atoms with Gasteiger partial charge in [-0.15, -0.1) is 11.3 Å². The lowest BCUT2D eigenvalue weighted by Crippen LogP contribution is -2.39. The van der Waals surface area contributed by atoms with Gasteiger partial charge in [0.25, 0.3) is 0 Å². The van der Waals surface area contributed by atoms with Gasteiger partial charge in [-0.1, -0.05) is 6.42 Å². The van der Waals surface area contributed by atoms with Crippen LogP contribution in [0, 0.1) is 5.92 Å². The molecule has 0 unspecified atom stereocenters. The summed E-state index contributed by atoms with van der Waals surface area (Å²) in [4.78, 5) is 25.9. The summed E-state index contributed by atoms with van der Waals surface area (Å²) in [7, 11) is 0. The molecule has 0 bridgehead atoms. The summed E-state index contributed by atoms with van der Waals surface area (Å²) < 4.78 is 0. The van der Waals surface area contributed by atoms with Gasteiger partial charge in [-0.25, -0.2) is 14.6 Å². The number of urea groups is 1. The number of nitrogens with zero attached hydrogens (tertiary/aromatic N) is 1. The average Bonchev–Trinajstić information content (AvgIpc) is 2.73. The molecule has 0 aromatic carbocycles. The Morgan fingerprint density at radius 2 is 2.22 bits per heavy atom. The largest absolute Gasteiger partial charge is 0.476 e. The summed E-state index contributed by atoms with van der Waals surface area (Å²) in [6.45, 7) is 0.971. The molecule has 98 valence electrons. The molecule has 6 nitrogen and oxygen atoms in total. The molecule has 0 aliphatic heterocycles. The van der Waals surface area contributed by atoms with E-state index in [1.807, 2.05) is 0 Å². The van der Waals surface area contributed by atoms with Crippen LogP contribution in [0.2, 0.25) is 0 Å². The van der Waals surface area contributed by atoms with Crippen LogP contribution in [-0.4, -0.2) is 28.6 Å². The van der Waals surface area contributed by atoms with Crippen LogP contribution in [0.4, 0.5) is 4.79 Å². The van der Waals surface area contributed by atoms with Crippen molar-refractivity contribution in [3.05, 3.63) is 16.1 Å². The van der Waals surface area contributed by atoms with E-state index in [-0.39, 0.29) is 18.3 Å². The molecule has 7 heteroatoms. The van der Waals surface area contributed by atoms with Gasteiger partial charge in [0.05, 0.1) is 6.54 Å². The SMILES string of the molecule is O=C(NCc1nc(C(=O)O)cs1)NCC1CCC1. The topological polar surface area (TPSA) is 91.3 Å². The summed E-state index contributed by atoms with van der Waals surface area (Å²) in [6, 6.07) is -0.228. The van der Waals surface area contributed by atoms with Crippen molar-refractivity contribution in [3.63, 3.8) is 0 Å². The van der Waals surface area contributed by atoms with Crippen molar-refractivity contribution in [1.29, 1.82) is 0 Å². The zero-order valence-electron chi connectivity index (χ0n) is 9.81. The maximum atomic E-state index is 11.4. The van der Waals surface area contributed by atoms with Gasteiger partial charge in [-0.3, -0.25) is 0 Å². The maximum absolute atomic E-state index is 11.4. The van der Waals surface area contributed by atoms with E-state index in [1.165, 1.54) is 36.0 Å². The van der Waals surface area contributed by atoms with Crippen molar-refractivity contribution in [2.45, 2.75) is 25.8 Å². The van der Waals surface area contributed by atoms with E-state index in [9.17, 15) is 9.59 Å². The van der Waals surface area contributed by atoms with Crippen LogP contribution in [0.25, 0.3) is 0 Å². The first-order valence-corrected chi connectivity index (χ1v) is 6.72. The number of carbonyl (C=O) groups excluding carboxylic acids is 1. The summed E-state index contributed by atoms with van der Waals surface area (Å²) in [5.74, 6) is -0.429. The molecule has 3 N–H and O–H groups in total. The van der Waals surface area contributed by atoms with Gasteiger partial charge in [-0.2, -0.15) is 0 Å². The van der Waals surface area contributed by atoms with Crippen LogP contribution in [0.15, 0.2) is 5.38 Å². The first kappa shape index (κ1) is 12.8. The van der Waals surface area contributed by atoms with Crippen molar-refractivity contribution >= 4 is 23.3 Å². The Hall–Kier alpha value is -1.63. The molecule has 1 aliphatic rings. The van der Waals surface area contributed by atoms with Crippen LogP contribution in [-0.2, 0) is 6.54 Å². The smallest absolute Gasteiger partial charge is 0.355 e. The van der Waals surface area contributed by atoms with Gasteiger partial charge in [0.2, 0.25) is 0 Å². The van der Waals surface area contributed by atoms with Crippen LogP contribution in [0.5, 0.6) is 0 Å². The van der Waals surface area contributed by atoms with E-state index in [4.69, 9.17) is 5.11 Å². The molecule has 18 heavy (non-hydrogen) atoms. The Kier molecular flexibility index (Phi) is 4.14. The van der Waals surface area contributed by atoms with Gasteiger partial charge < -0.3 is 15.7 Å². The number of aromatic nitrogens is 1. The van der Waals surface area contributed by atoms with Crippen LogP contribution < -0.4 is 10.6 Å². The van der Waals surface area contributed by atoms with Crippen molar-refractivity contribution in [1.82, 2.24) is 15.6 Å². The lowest BCUT2D eigenvalue weighted by molar-refractivity contribution is 0.0691. The minimum Gasteiger partial charge on any atom is -0.476 e. The highest BCUT2D eigenvalue weighted by Crippen LogP contribution is 2.24.